The smallest absolute Gasteiger partial charge is 0.159 e. The largest absolute Gasteiger partial charge is 0.454 e. The molecule has 14 rings (SSSR count). The van der Waals surface area contributed by atoms with Crippen molar-refractivity contribution in [1.29, 1.82) is 0 Å². The number of hydrogen-bond acceptors (Lipinski definition) is 3. The lowest BCUT2D eigenvalue weighted by Crippen LogP contribution is -2.15. The van der Waals surface area contributed by atoms with E-state index in [2.05, 4.69) is 225 Å². The molecule has 0 fully saturated rings. The van der Waals surface area contributed by atoms with E-state index in [9.17, 15) is 0 Å². The Bertz CT molecular complexity index is 4020. The number of aromatic nitrogens is 3. The summed E-state index contributed by atoms with van der Waals surface area (Å²) in [6, 6.07) is 74.7. The van der Waals surface area contributed by atoms with Gasteiger partial charge in [-0.25, -0.2) is 0 Å². The minimum Gasteiger partial charge on any atom is -0.454 e. The number of hydrogen-bond donors (Lipinski definition) is 0. The van der Waals surface area contributed by atoms with Gasteiger partial charge in [-0.05, 0) is 114 Å². The van der Waals surface area contributed by atoms with Crippen LogP contribution in [0.2, 0.25) is 0 Å². The molecule has 0 saturated heterocycles. The summed E-state index contributed by atoms with van der Waals surface area (Å²) < 4.78 is 13.5. The zero-order chi connectivity index (χ0) is 41.9. The van der Waals surface area contributed by atoms with Crippen LogP contribution in [0.3, 0.4) is 0 Å². The molecule has 0 atom stereocenters. The molecule has 1 aliphatic rings. The molecule has 64 heavy (non-hydrogen) atoms. The Morgan fingerprint density at radius 1 is 0.359 bits per heavy atom. The van der Waals surface area contributed by atoms with E-state index in [4.69, 9.17) is 4.42 Å². The highest BCUT2D eigenvalue weighted by molar-refractivity contribution is 7.99. The molecule has 4 aromatic heterocycles. The Kier molecular flexibility index (Phi) is 7.55. The van der Waals surface area contributed by atoms with Gasteiger partial charge in [0.05, 0.1) is 39.1 Å². The Hall–Kier alpha value is -8.19. The van der Waals surface area contributed by atoms with Crippen molar-refractivity contribution in [3.05, 3.63) is 219 Å². The van der Waals surface area contributed by atoms with Gasteiger partial charge in [0.2, 0.25) is 0 Å². The van der Waals surface area contributed by atoms with Gasteiger partial charge in [0.15, 0.2) is 5.58 Å². The normalized spacial score (nSPS) is 12.6. The SMILES string of the molecule is c1ccc(-n2ccc3cc4c(cc32)N(c2cccc(-c3cccc(-n5c6ccccc6c6cc7ccn(-c8cccc9c8oc8ccccc89)c7cc65)c3)c2)c2ccccc2S4)cc1. The average Bonchev–Trinajstić information content (AvgIpc) is 4.14. The van der Waals surface area contributed by atoms with Crippen LogP contribution in [0.4, 0.5) is 17.1 Å². The Morgan fingerprint density at radius 3 is 1.91 bits per heavy atom. The van der Waals surface area contributed by atoms with E-state index in [0.29, 0.717) is 0 Å². The second kappa shape index (κ2) is 13.7. The van der Waals surface area contributed by atoms with Crippen LogP contribution >= 0.6 is 11.8 Å². The lowest BCUT2D eigenvalue weighted by Gasteiger charge is -2.33. The zero-order valence-electron chi connectivity index (χ0n) is 34.4. The summed E-state index contributed by atoms with van der Waals surface area (Å²) in [5, 5.41) is 7.11. The highest BCUT2D eigenvalue weighted by Crippen LogP contribution is 2.53. The van der Waals surface area contributed by atoms with Gasteiger partial charge in [-0.15, -0.1) is 0 Å². The fourth-order valence-electron chi connectivity index (χ4n) is 10.1. The standard InChI is InChI=1S/C58H36N4OS/c1-2-15-41(16-3-1)59-29-27-40-34-57-54(36-51(40)59)62(49-23-7-9-26-56(49)64-57)43-18-11-14-38(32-43)37-13-10-17-42(31-37)61-48-22-6-4-19-44(48)47-33-39-28-30-60(52(39)35-53(47)61)50-24-12-21-46-45-20-5-8-25-55(45)63-58(46)50/h1-36H. The fraction of sp³-hybridized carbons (Fsp3) is 0. The number of anilines is 3. The van der Waals surface area contributed by atoms with Gasteiger partial charge in [-0.3, -0.25) is 0 Å². The summed E-state index contributed by atoms with van der Waals surface area (Å²) in [5.74, 6) is 0. The molecule has 6 heteroatoms. The predicted molar refractivity (Wildman–Crippen MR) is 266 cm³/mol. The molecule has 9 aromatic carbocycles. The first kappa shape index (κ1) is 35.4. The van der Waals surface area contributed by atoms with Crippen molar-refractivity contribution in [3.8, 4) is 28.2 Å². The van der Waals surface area contributed by atoms with Crippen LogP contribution in [-0.4, -0.2) is 13.7 Å². The van der Waals surface area contributed by atoms with Crippen molar-refractivity contribution < 1.29 is 4.42 Å². The number of nitrogens with zero attached hydrogens (tertiary/aromatic N) is 4. The van der Waals surface area contributed by atoms with Gasteiger partial charge in [0.1, 0.15) is 5.58 Å². The van der Waals surface area contributed by atoms with E-state index in [1.165, 1.54) is 53.7 Å². The Labute approximate surface area is 372 Å². The number of rotatable bonds is 5. The molecular weight excluding hydrogens is 801 g/mol. The predicted octanol–water partition coefficient (Wildman–Crippen LogP) is 16.2. The van der Waals surface area contributed by atoms with Crippen LogP contribution in [0.25, 0.3) is 93.7 Å². The summed E-state index contributed by atoms with van der Waals surface area (Å²) in [4.78, 5) is 4.92. The molecule has 300 valence electrons. The first-order chi connectivity index (χ1) is 31.7. The third-order valence-electron chi connectivity index (χ3n) is 13.0. The van der Waals surface area contributed by atoms with Crippen LogP contribution in [-0.2, 0) is 0 Å². The van der Waals surface area contributed by atoms with Crippen LogP contribution in [0, 0.1) is 0 Å². The van der Waals surface area contributed by atoms with Gasteiger partial charge in [-0.2, -0.15) is 0 Å². The summed E-state index contributed by atoms with van der Waals surface area (Å²) in [5.41, 5.74) is 15.5. The van der Waals surface area contributed by atoms with E-state index >= 15 is 0 Å². The van der Waals surface area contributed by atoms with E-state index in [0.717, 1.165) is 66.8 Å². The number of para-hydroxylation sites is 5. The number of benzene rings is 9. The second-order valence-corrected chi connectivity index (χ2v) is 17.7. The first-order valence-corrected chi connectivity index (χ1v) is 22.5. The topological polar surface area (TPSA) is 31.2 Å². The Morgan fingerprint density at radius 2 is 1.02 bits per heavy atom. The molecule has 0 amide bonds. The van der Waals surface area contributed by atoms with Gasteiger partial charge in [-0.1, -0.05) is 115 Å². The maximum absolute atomic E-state index is 6.53. The molecule has 0 N–H and O–H groups in total. The van der Waals surface area contributed by atoms with Crippen LogP contribution in [0.15, 0.2) is 233 Å². The third-order valence-corrected chi connectivity index (χ3v) is 14.2. The number of fused-ring (bicyclic) bond motifs is 10. The van der Waals surface area contributed by atoms with E-state index in [1.807, 2.05) is 23.9 Å². The van der Waals surface area contributed by atoms with Gasteiger partial charge >= 0.3 is 0 Å². The molecule has 5 nitrogen and oxygen atoms in total. The maximum atomic E-state index is 6.53. The van der Waals surface area contributed by atoms with Crippen LogP contribution in [0.1, 0.15) is 0 Å². The molecule has 5 heterocycles. The van der Waals surface area contributed by atoms with Crippen molar-refractivity contribution in [2.24, 2.45) is 0 Å². The second-order valence-electron chi connectivity index (χ2n) is 16.6. The fourth-order valence-corrected chi connectivity index (χ4v) is 11.2. The van der Waals surface area contributed by atoms with Crippen LogP contribution < -0.4 is 4.90 Å². The first-order valence-electron chi connectivity index (χ1n) is 21.7. The highest BCUT2D eigenvalue weighted by atomic mass is 32.2. The molecule has 0 unspecified atom stereocenters. The quantitative estimate of drug-likeness (QED) is 0.173. The minimum atomic E-state index is 0.891. The van der Waals surface area contributed by atoms with E-state index < -0.39 is 0 Å². The molecule has 0 bridgehead atoms. The molecule has 0 saturated carbocycles. The third kappa shape index (κ3) is 5.27. The van der Waals surface area contributed by atoms with Crippen LogP contribution in [0.5, 0.6) is 0 Å². The number of furan rings is 1. The minimum absolute atomic E-state index is 0.891. The summed E-state index contributed by atoms with van der Waals surface area (Å²) in [7, 11) is 0. The molecule has 0 aliphatic carbocycles. The van der Waals surface area contributed by atoms with Crippen molar-refractivity contribution in [2.75, 3.05) is 4.90 Å². The van der Waals surface area contributed by atoms with E-state index in [-0.39, 0.29) is 0 Å². The molecular formula is C58H36N4OS. The highest BCUT2D eigenvalue weighted by Gasteiger charge is 2.27. The summed E-state index contributed by atoms with van der Waals surface area (Å²) in [6.45, 7) is 0. The Balaban J connectivity index is 0.911. The molecule has 0 spiro atoms. The van der Waals surface area contributed by atoms with Gasteiger partial charge in [0.25, 0.3) is 0 Å². The summed E-state index contributed by atoms with van der Waals surface area (Å²) in [6.07, 6.45) is 4.36. The van der Waals surface area contributed by atoms with Crippen molar-refractivity contribution in [2.45, 2.75) is 9.79 Å². The van der Waals surface area contributed by atoms with E-state index in [1.54, 1.807) is 0 Å². The van der Waals surface area contributed by atoms with Crippen molar-refractivity contribution in [3.63, 3.8) is 0 Å². The molecule has 13 aromatic rings. The van der Waals surface area contributed by atoms with Gasteiger partial charge in [0, 0.05) is 71.6 Å². The van der Waals surface area contributed by atoms with Gasteiger partial charge < -0.3 is 23.0 Å². The molecule has 0 radical (unpaired) electrons. The lowest BCUT2D eigenvalue weighted by molar-refractivity contribution is 0.666. The average molecular weight is 837 g/mol. The van der Waals surface area contributed by atoms with Crippen molar-refractivity contribution in [1.82, 2.24) is 13.7 Å². The zero-order valence-corrected chi connectivity index (χ0v) is 35.2. The lowest BCUT2D eigenvalue weighted by atomic mass is 10.0. The van der Waals surface area contributed by atoms with Crippen molar-refractivity contribution >= 4 is 94.4 Å². The molecule has 1 aliphatic heterocycles. The maximum Gasteiger partial charge on any atom is 0.159 e. The monoisotopic (exact) mass is 836 g/mol. The summed E-state index contributed by atoms with van der Waals surface area (Å²) >= 11 is 1.85.